The van der Waals surface area contributed by atoms with Crippen molar-refractivity contribution in [2.24, 2.45) is 4.99 Å². The van der Waals surface area contributed by atoms with Gasteiger partial charge in [-0.15, -0.1) is 0 Å². The molecule has 0 aromatic carbocycles. The van der Waals surface area contributed by atoms with Gasteiger partial charge in [-0.2, -0.15) is 0 Å². The normalized spacial score (nSPS) is 23.4. The van der Waals surface area contributed by atoms with Crippen LogP contribution in [-0.4, -0.2) is 17.4 Å². The third kappa shape index (κ3) is 0.943. The van der Waals surface area contributed by atoms with Gasteiger partial charge in [-0.25, -0.2) is 9.79 Å². The van der Waals surface area contributed by atoms with E-state index >= 15 is 0 Å². The highest BCUT2D eigenvalue weighted by Gasteiger charge is 2.34. The largest absolute Gasteiger partial charge is 0.410 e. The predicted molar refractivity (Wildman–Crippen MR) is 33.3 cm³/mol. The van der Waals surface area contributed by atoms with Crippen molar-refractivity contribution in [1.82, 2.24) is 0 Å². The molecule has 0 atom stereocenters. The third-order valence-corrected chi connectivity index (χ3v) is 1.18. The third-order valence-electron chi connectivity index (χ3n) is 1.18. The maximum atomic E-state index is 10.8. The molecule has 0 radical (unpaired) electrons. The number of ether oxygens (including phenoxy) is 1. The number of nitrogens with zero attached hydrogens (tertiary/aromatic N) is 1. The zero-order valence-electron chi connectivity index (χ0n) is 5.76. The molecule has 0 N–H and O–H groups in total. The van der Waals surface area contributed by atoms with E-state index in [4.69, 9.17) is 0 Å². The van der Waals surface area contributed by atoms with Crippen molar-refractivity contribution < 1.29 is 9.53 Å². The summed E-state index contributed by atoms with van der Waals surface area (Å²) in [4.78, 5) is 14.7. The van der Waals surface area contributed by atoms with Crippen LogP contribution < -0.4 is 0 Å². The summed E-state index contributed by atoms with van der Waals surface area (Å²) in [6.07, 6.45) is 0. The number of hydrogen-bond acceptors (Lipinski definition) is 3. The SMILES string of the molecule is CC1=NC(C)(C)C(=O)O1. The van der Waals surface area contributed by atoms with Gasteiger partial charge in [0.15, 0.2) is 11.4 Å². The number of aliphatic imine (C=N–C) groups is 1. The minimum atomic E-state index is -0.649. The van der Waals surface area contributed by atoms with Crippen LogP contribution in [0.15, 0.2) is 4.99 Å². The topological polar surface area (TPSA) is 38.7 Å². The summed E-state index contributed by atoms with van der Waals surface area (Å²) in [5.74, 6) is 0.199. The zero-order valence-corrected chi connectivity index (χ0v) is 5.76. The molecule has 50 valence electrons. The minimum Gasteiger partial charge on any atom is -0.410 e. The molecule has 0 fully saturated rings. The van der Waals surface area contributed by atoms with Crippen LogP contribution in [-0.2, 0) is 9.53 Å². The van der Waals surface area contributed by atoms with E-state index in [1.807, 2.05) is 0 Å². The first kappa shape index (κ1) is 6.26. The Morgan fingerprint density at radius 1 is 1.56 bits per heavy atom. The Hall–Kier alpha value is -0.860. The predicted octanol–water partition coefficient (Wildman–Crippen LogP) is 0.740. The Morgan fingerprint density at radius 2 is 2.11 bits per heavy atom. The van der Waals surface area contributed by atoms with E-state index in [-0.39, 0.29) is 5.97 Å². The monoisotopic (exact) mass is 127 g/mol. The summed E-state index contributed by atoms with van der Waals surface area (Å²) in [5.41, 5.74) is -0.649. The summed E-state index contributed by atoms with van der Waals surface area (Å²) in [7, 11) is 0. The van der Waals surface area contributed by atoms with Gasteiger partial charge < -0.3 is 4.74 Å². The number of rotatable bonds is 0. The van der Waals surface area contributed by atoms with Crippen molar-refractivity contribution in [1.29, 1.82) is 0 Å². The Kier molecular flexibility index (Phi) is 1.08. The van der Waals surface area contributed by atoms with Crippen molar-refractivity contribution in [3.63, 3.8) is 0 Å². The Balaban J connectivity index is 2.89. The molecule has 0 spiro atoms. The molecule has 0 aromatic heterocycles. The van der Waals surface area contributed by atoms with Gasteiger partial charge in [-0.05, 0) is 13.8 Å². The van der Waals surface area contributed by atoms with Gasteiger partial charge in [-0.1, -0.05) is 0 Å². The Morgan fingerprint density at radius 3 is 2.22 bits per heavy atom. The van der Waals surface area contributed by atoms with E-state index in [1.54, 1.807) is 20.8 Å². The van der Waals surface area contributed by atoms with Crippen molar-refractivity contribution in [3.8, 4) is 0 Å². The van der Waals surface area contributed by atoms with Crippen LogP contribution >= 0.6 is 0 Å². The molecule has 9 heavy (non-hydrogen) atoms. The quantitative estimate of drug-likeness (QED) is 0.450. The molecule has 1 aliphatic rings. The second kappa shape index (κ2) is 1.56. The summed E-state index contributed by atoms with van der Waals surface area (Å²) >= 11 is 0. The minimum absolute atomic E-state index is 0.264. The lowest BCUT2D eigenvalue weighted by atomic mass is 10.1. The number of hydrogen-bond donors (Lipinski definition) is 0. The number of carbonyl (C=O) groups excluding carboxylic acids is 1. The van der Waals surface area contributed by atoms with Gasteiger partial charge in [0.05, 0.1) is 0 Å². The van der Waals surface area contributed by atoms with E-state index in [1.165, 1.54) is 0 Å². The molecule has 1 rings (SSSR count). The standard InChI is InChI=1S/C6H9NO2/c1-4-7-6(2,3)5(8)9-4/h1-3H3. The molecular formula is C6H9NO2. The fourth-order valence-electron chi connectivity index (χ4n) is 0.721. The highest BCUT2D eigenvalue weighted by molar-refractivity contribution is 5.98. The summed E-state index contributed by atoms with van der Waals surface area (Å²) in [6, 6.07) is 0. The van der Waals surface area contributed by atoms with Crippen LogP contribution in [0.1, 0.15) is 20.8 Å². The zero-order chi connectivity index (χ0) is 7.07. The highest BCUT2D eigenvalue weighted by Crippen LogP contribution is 2.17. The van der Waals surface area contributed by atoms with Crippen molar-refractivity contribution in [2.75, 3.05) is 0 Å². The fraction of sp³-hybridized carbons (Fsp3) is 0.667. The van der Waals surface area contributed by atoms with E-state index < -0.39 is 5.54 Å². The van der Waals surface area contributed by atoms with Crippen molar-refractivity contribution >= 4 is 11.9 Å². The summed E-state index contributed by atoms with van der Waals surface area (Å²) < 4.78 is 4.69. The van der Waals surface area contributed by atoms with Gasteiger partial charge >= 0.3 is 5.97 Å². The molecule has 3 nitrogen and oxygen atoms in total. The average molecular weight is 127 g/mol. The van der Waals surface area contributed by atoms with E-state index in [2.05, 4.69) is 9.73 Å². The van der Waals surface area contributed by atoms with Gasteiger partial charge in [0.1, 0.15) is 0 Å². The smallest absolute Gasteiger partial charge is 0.340 e. The lowest BCUT2D eigenvalue weighted by molar-refractivity contribution is -0.137. The molecule has 0 bridgehead atoms. The molecule has 1 heterocycles. The Bertz CT molecular complexity index is 181. The second-order valence-corrected chi connectivity index (χ2v) is 2.58. The first-order valence-electron chi connectivity index (χ1n) is 2.81. The van der Waals surface area contributed by atoms with Gasteiger partial charge in [0.2, 0.25) is 0 Å². The van der Waals surface area contributed by atoms with Crippen LogP contribution in [0.4, 0.5) is 0 Å². The average Bonchev–Trinajstić information content (AvgIpc) is 1.79. The van der Waals surface area contributed by atoms with E-state index in [0.717, 1.165) is 0 Å². The van der Waals surface area contributed by atoms with E-state index in [0.29, 0.717) is 5.90 Å². The van der Waals surface area contributed by atoms with Crippen molar-refractivity contribution in [3.05, 3.63) is 0 Å². The molecular weight excluding hydrogens is 118 g/mol. The van der Waals surface area contributed by atoms with Crippen LogP contribution in [0.2, 0.25) is 0 Å². The molecule has 1 aliphatic heterocycles. The molecule has 0 saturated carbocycles. The lowest BCUT2D eigenvalue weighted by Gasteiger charge is -2.05. The van der Waals surface area contributed by atoms with Gasteiger partial charge in [0.25, 0.3) is 0 Å². The Labute approximate surface area is 53.7 Å². The molecule has 0 saturated heterocycles. The first-order valence-corrected chi connectivity index (χ1v) is 2.81. The number of cyclic esters (lactones) is 1. The fourth-order valence-corrected chi connectivity index (χ4v) is 0.721. The van der Waals surface area contributed by atoms with Crippen LogP contribution in [0.5, 0.6) is 0 Å². The molecule has 0 aromatic rings. The molecule has 0 aliphatic carbocycles. The van der Waals surface area contributed by atoms with E-state index in [9.17, 15) is 4.79 Å². The maximum absolute atomic E-state index is 10.8. The highest BCUT2D eigenvalue weighted by atomic mass is 16.6. The summed E-state index contributed by atoms with van der Waals surface area (Å²) in [6.45, 7) is 5.13. The van der Waals surface area contributed by atoms with Gasteiger partial charge in [0, 0.05) is 6.92 Å². The maximum Gasteiger partial charge on any atom is 0.340 e. The van der Waals surface area contributed by atoms with Crippen LogP contribution in [0, 0.1) is 0 Å². The van der Waals surface area contributed by atoms with Gasteiger partial charge in [-0.3, -0.25) is 0 Å². The van der Waals surface area contributed by atoms with Crippen molar-refractivity contribution in [2.45, 2.75) is 26.3 Å². The molecule has 0 amide bonds. The first-order chi connectivity index (χ1) is 4.02. The number of esters is 1. The molecule has 3 heteroatoms. The van der Waals surface area contributed by atoms with Crippen LogP contribution in [0.3, 0.4) is 0 Å². The molecule has 0 unspecified atom stereocenters. The number of carbonyl (C=O) groups is 1. The lowest BCUT2D eigenvalue weighted by Crippen LogP contribution is -2.25. The van der Waals surface area contributed by atoms with Crippen LogP contribution in [0.25, 0.3) is 0 Å². The second-order valence-electron chi connectivity index (χ2n) is 2.58. The summed E-state index contributed by atoms with van der Waals surface area (Å²) in [5, 5.41) is 0.